The molecule has 0 fully saturated rings. The van der Waals surface area contributed by atoms with E-state index in [1.807, 2.05) is 25.1 Å². The van der Waals surface area contributed by atoms with Crippen molar-refractivity contribution in [3.63, 3.8) is 0 Å². The second-order valence-corrected chi connectivity index (χ2v) is 8.04. The topological polar surface area (TPSA) is 54.9 Å². The van der Waals surface area contributed by atoms with Gasteiger partial charge in [-0.2, -0.15) is 0 Å². The van der Waals surface area contributed by atoms with Gasteiger partial charge >= 0.3 is 0 Å². The number of hydrogen-bond donors (Lipinski definition) is 1. The Balaban J connectivity index is 1.73. The minimum atomic E-state index is -0.109. The Bertz CT molecular complexity index is 924. The number of rotatable bonds is 4. The van der Waals surface area contributed by atoms with Gasteiger partial charge in [-0.25, -0.2) is 9.97 Å². The maximum Gasteiger partial charge on any atom is 0.234 e. The standard InChI is InChI=1S/C17H16ClN3OS2/c1-9-4-5-13(12(18)6-9)21-14(22)7-23-16-15-10(2)11(3)24-17(15)20-8-19-16/h4-6,8H,7H2,1-3H3,(H,21,22). The van der Waals surface area contributed by atoms with Crippen LogP contribution in [0.15, 0.2) is 29.6 Å². The summed E-state index contributed by atoms with van der Waals surface area (Å²) in [7, 11) is 0. The molecule has 0 saturated carbocycles. The van der Waals surface area contributed by atoms with Gasteiger partial charge in [-0.15, -0.1) is 11.3 Å². The van der Waals surface area contributed by atoms with Gasteiger partial charge in [0.05, 0.1) is 16.5 Å². The zero-order chi connectivity index (χ0) is 17.3. The zero-order valence-electron chi connectivity index (χ0n) is 13.5. The van der Waals surface area contributed by atoms with Crippen LogP contribution in [0.2, 0.25) is 5.02 Å². The fourth-order valence-corrected chi connectivity index (χ4v) is 4.50. The Morgan fingerprint density at radius 1 is 1.29 bits per heavy atom. The maximum absolute atomic E-state index is 12.2. The van der Waals surface area contributed by atoms with Crippen LogP contribution in [0.1, 0.15) is 16.0 Å². The molecule has 3 rings (SSSR count). The molecule has 0 unspecified atom stereocenters. The van der Waals surface area contributed by atoms with Gasteiger partial charge in [-0.1, -0.05) is 29.4 Å². The van der Waals surface area contributed by atoms with Crippen molar-refractivity contribution in [2.24, 2.45) is 0 Å². The summed E-state index contributed by atoms with van der Waals surface area (Å²) in [5.41, 5.74) is 2.86. The molecule has 0 spiro atoms. The third-order valence-corrected chi connectivity index (χ3v) is 6.09. The summed E-state index contributed by atoms with van der Waals surface area (Å²) in [5.74, 6) is 0.159. The Kier molecular flexibility index (Phi) is 5.08. The lowest BCUT2D eigenvalue weighted by Crippen LogP contribution is -2.14. The molecule has 0 atom stereocenters. The molecule has 24 heavy (non-hydrogen) atoms. The maximum atomic E-state index is 12.2. The van der Waals surface area contributed by atoms with E-state index in [1.54, 1.807) is 17.7 Å². The molecule has 2 aromatic heterocycles. The number of thioether (sulfide) groups is 1. The van der Waals surface area contributed by atoms with Gasteiger partial charge in [-0.3, -0.25) is 4.79 Å². The van der Waals surface area contributed by atoms with E-state index in [0.717, 1.165) is 20.8 Å². The van der Waals surface area contributed by atoms with Crippen LogP contribution in [0.5, 0.6) is 0 Å². The average molecular weight is 378 g/mol. The first kappa shape index (κ1) is 17.2. The van der Waals surface area contributed by atoms with Gasteiger partial charge < -0.3 is 5.32 Å². The van der Waals surface area contributed by atoms with Gasteiger partial charge in [0.15, 0.2) is 0 Å². The lowest BCUT2D eigenvalue weighted by atomic mass is 10.2. The number of thiophene rings is 1. The summed E-state index contributed by atoms with van der Waals surface area (Å²) >= 11 is 9.22. The third kappa shape index (κ3) is 3.55. The summed E-state index contributed by atoms with van der Waals surface area (Å²) in [6.07, 6.45) is 1.55. The van der Waals surface area contributed by atoms with Gasteiger partial charge in [0, 0.05) is 10.3 Å². The van der Waals surface area contributed by atoms with Crippen molar-refractivity contribution < 1.29 is 4.79 Å². The number of carbonyl (C=O) groups excluding carboxylic acids is 1. The van der Waals surface area contributed by atoms with Crippen molar-refractivity contribution in [3.05, 3.63) is 45.6 Å². The minimum absolute atomic E-state index is 0.109. The van der Waals surface area contributed by atoms with E-state index < -0.39 is 0 Å². The summed E-state index contributed by atoms with van der Waals surface area (Å²) in [6, 6.07) is 5.56. The normalized spacial score (nSPS) is 11.0. The van der Waals surface area contributed by atoms with Crippen molar-refractivity contribution in [2.45, 2.75) is 25.8 Å². The molecule has 0 aliphatic carbocycles. The van der Waals surface area contributed by atoms with Gasteiger partial charge in [0.2, 0.25) is 5.91 Å². The SMILES string of the molecule is Cc1ccc(NC(=O)CSc2ncnc3sc(C)c(C)c23)c(Cl)c1. The number of aromatic nitrogens is 2. The molecule has 0 saturated heterocycles. The Hall–Kier alpha value is -1.63. The van der Waals surface area contributed by atoms with Crippen LogP contribution in [-0.2, 0) is 4.79 Å². The van der Waals surface area contributed by atoms with Crippen LogP contribution >= 0.6 is 34.7 Å². The van der Waals surface area contributed by atoms with E-state index >= 15 is 0 Å². The number of benzene rings is 1. The number of anilines is 1. The Morgan fingerprint density at radius 3 is 2.83 bits per heavy atom. The number of aryl methyl sites for hydroxylation is 3. The predicted molar refractivity (Wildman–Crippen MR) is 102 cm³/mol. The van der Waals surface area contributed by atoms with Crippen LogP contribution in [0.4, 0.5) is 5.69 Å². The second kappa shape index (κ2) is 7.09. The van der Waals surface area contributed by atoms with E-state index in [-0.39, 0.29) is 11.7 Å². The monoisotopic (exact) mass is 377 g/mol. The number of nitrogens with zero attached hydrogens (tertiary/aromatic N) is 2. The fraction of sp³-hybridized carbons (Fsp3) is 0.235. The molecule has 0 bridgehead atoms. The summed E-state index contributed by atoms with van der Waals surface area (Å²) in [4.78, 5) is 23.1. The molecule has 7 heteroatoms. The largest absolute Gasteiger partial charge is 0.324 e. The van der Waals surface area contributed by atoms with E-state index in [0.29, 0.717) is 10.7 Å². The summed E-state index contributed by atoms with van der Waals surface area (Å²) in [6.45, 7) is 6.09. The van der Waals surface area contributed by atoms with E-state index in [2.05, 4.69) is 29.1 Å². The summed E-state index contributed by atoms with van der Waals surface area (Å²) < 4.78 is 0. The summed E-state index contributed by atoms with van der Waals surface area (Å²) in [5, 5.41) is 5.27. The van der Waals surface area contributed by atoms with Gasteiger partial charge in [0.25, 0.3) is 0 Å². The van der Waals surface area contributed by atoms with Gasteiger partial charge in [-0.05, 0) is 44.0 Å². The highest BCUT2D eigenvalue weighted by Gasteiger charge is 2.14. The smallest absolute Gasteiger partial charge is 0.234 e. The van der Waals surface area contributed by atoms with Crippen molar-refractivity contribution in [1.82, 2.24) is 9.97 Å². The van der Waals surface area contributed by atoms with Crippen LogP contribution < -0.4 is 5.32 Å². The number of nitrogens with one attached hydrogen (secondary N) is 1. The minimum Gasteiger partial charge on any atom is -0.324 e. The first-order chi connectivity index (χ1) is 11.5. The molecule has 124 valence electrons. The first-order valence-corrected chi connectivity index (χ1v) is 9.53. The molecule has 1 N–H and O–H groups in total. The zero-order valence-corrected chi connectivity index (χ0v) is 15.9. The highest BCUT2D eigenvalue weighted by Crippen LogP contribution is 2.34. The molecule has 1 amide bonds. The van der Waals surface area contributed by atoms with E-state index in [4.69, 9.17) is 11.6 Å². The van der Waals surface area contributed by atoms with Crippen molar-refractivity contribution in [2.75, 3.05) is 11.1 Å². The number of hydrogen-bond acceptors (Lipinski definition) is 5. The molecule has 0 aliphatic heterocycles. The quantitative estimate of drug-likeness (QED) is 0.513. The predicted octanol–water partition coefficient (Wildman–Crippen LogP) is 5.00. The lowest BCUT2D eigenvalue weighted by Gasteiger charge is -2.08. The van der Waals surface area contributed by atoms with E-state index in [1.165, 1.54) is 22.2 Å². The fourth-order valence-electron chi connectivity index (χ4n) is 2.30. The molecular weight excluding hydrogens is 362 g/mol. The highest BCUT2D eigenvalue weighted by molar-refractivity contribution is 8.00. The molecule has 4 nitrogen and oxygen atoms in total. The molecule has 2 heterocycles. The Morgan fingerprint density at radius 2 is 2.08 bits per heavy atom. The molecule has 0 radical (unpaired) electrons. The first-order valence-electron chi connectivity index (χ1n) is 7.35. The van der Waals surface area contributed by atoms with Gasteiger partial charge in [0.1, 0.15) is 16.2 Å². The number of fused-ring (bicyclic) bond motifs is 1. The van der Waals surface area contributed by atoms with Crippen LogP contribution in [-0.4, -0.2) is 21.6 Å². The average Bonchev–Trinajstić information content (AvgIpc) is 2.83. The highest BCUT2D eigenvalue weighted by atomic mass is 35.5. The molecule has 3 aromatic rings. The van der Waals surface area contributed by atoms with Crippen molar-refractivity contribution in [1.29, 1.82) is 0 Å². The van der Waals surface area contributed by atoms with Crippen molar-refractivity contribution >= 4 is 56.5 Å². The van der Waals surface area contributed by atoms with E-state index in [9.17, 15) is 4.79 Å². The van der Waals surface area contributed by atoms with Crippen molar-refractivity contribution in [3.8, 4) is 0 Å². The third-order valence-electron chi connectivity index (χ3n) is 3.67. The Labute approximate surface area is 153 Å². The molecule has 0 aliphatic rings. The van der Waals surface area contributed by atoms with Crippen LogP contribution in [0, 0.1) is 20.8 Å². The van der Waals surface area contributed by atoms with Crippen LogP contribution in [0.3, 0.4) is 0 Å². The number of carbonyl (C=O) groups is 1. The lowest BCUT2D eigenvalue weighted by molar-refractivity contribution is -0.113. The number of halogens is 1. The second-order valence-electron chi connectivity index (χ2n) is 5.46. The number of amides is 1. The molecular formula is C17H16ClN3OS2. The van der Waals surface area contributed by atoms with Crippen LogP contribution in [0.25, 0.3) is 10.2 Å². The molecule has 1 aromatic carbocycles.